The topological polar surface area (TPSA) is 118 Å². The van der Waals surface area contributed by atoms with E-state index >= 15 is 0 Å². The SMILES string of the molecule is FC(F)Oc1ccc(C=Nc2c(Cl)cncc2Cl)cc1OCC1CC1.Nc1c(Cl)cncc1Cl.O=Cc1ccc(OC(F)F)c(OCC2CC2)c1. The van der Waals surface area contributed by atoms with Gasteiger partial charge in [-0.15, -0.1) is 0 Å². The summed E-state index contributed by atoms with van der Waals surface area (Å²) >= 11 is 23.1. The second-order valence-electron chi connectivity index (χ2n) is 11.0. The second-order valence-corrected chi connectivity index (χ2v) is 12.7. The number of ether oxygens (including phenoxy) is 4. The number of hydrogen-bond donors (Lipinski definition) is 1. The van der Waals surface area contributed by atoms with E-state index in [1.165, 1.54) is 55.3 Å². The Morgan fingerprint density at radius 3 is 1.55 bits per heavy atom. The van der Waals surface area contributed by atoms with Crippen molar-refractivity contribution in [2.24, 2.45) is 16.8 Å². The summed E-state index contributed by atoms with van der Waals surface area (Å²) in [4.78, 5) is 22.4. The second kappa shape index (κ2) is 19.5. The lowest BCUT2D eigenvalue weighted by molar-refractivity contribution is -0.0521. The van der Waals surface area contributed by atoms with Gasteiger partial charge < -0.3 is 24.7 Å². The number of nitrogens with zero attached hydrogens (tertiary/aromatic N) is 3. The number of nitrogens with two attached hydrogens (primary N) is 1. The zero-order valence-electron chi connectivity index (χ0n) is 26.5. The molecule has 9 nitrogen and oxygen atoms in total. The molecule has 0 bridgehead atoms. The van der Waals surface area contributed by atoms with Crippen molar-refractivity contribution in [2.45, 2.75) is 38.9 Å². The lowest BCUT2D eigenvalue weighted by atomic mass is 10.2. The van der Waals surface area contributed by atoms with Gasteiger partial charge in [-0.25, -0.2) is 0 Å². The fraction of sp³-hybridized carbons (Fsp3) is 0.294. The first-order chi connectivity index (χ1) is 24.4. The fourth-order valence-electron chi connectivity index (χ4n) is 3.89. The van der Waals surface area contributed by atoms with Crippen LogP contribution in [0.5, 0.6) is 23.0 Å². The van der Waals surface area contributed by atoms with E-state index < -0.39 is 13.2 Å². The minimum absolute atomic E-state index is 0.00669. The quantitative estimate of drug-likeness (QED) is 0.0808. The average Bonchev–Trinajstić information content (AvgIpc) is 4.03. The molecular weight excluding hydrogens is 762 g/mol. The molecule has 0 aliphatic heterocycles. The van der Waals surface area contributed by atoms with E-state index in [-0.39, 0.29) is 23.0 Å². The van der Waals surface area contributed by atoms with Gasteiger partial charge in [0.1, 0.15) is 12.0 Å². The van der Waals surface area contributed by atoms with Gasteiger partial charge >= 0.3 is 13.2 Å². The summed E-state index contributed by atoms with van der Waals surface area (Å²) in [6, 6.07) is 8.74. The van der Waals surface area contributed by atoms with E-state index in [1.807, 2.05) is 0 Å². The molecule has 4 aromatic rings. The molecule has 2 saturated carbocycles. The number of aliphatic imine (C=N–C) groups is 1. The Balaban J connectivity index is 0.000000192. The number of carbonyl (C=O) groups excluding carboxylic acids is 1. The highest BCUT2D eigenvalue weighted by Crippen LogP contribution is 2.36. The summed E-state index contributed by atoms with van der Waals surface area (Å²) in [5.74, 6) is 1.38. The van der Waals surface area contributed by atoms with Crippen molar-refractivity contribution in [2.75, 3.05) is 18.9 Å². The Morgan fingerprint density at radius 2 is 1.14 bits per heavy atom. The molecule has 51 heavy (non-hydrogen) atoms. The molecule has 0 atom stereocenters. The van der Waals surface area contributed by atoms with Gasteiger partial charge in [0.25, 0.3) is 0 Å². The molecule has 2 fully saturated rings. The summed E-state index contributed by atoms with van der Waals surface area (Å²) in [6.45, 7) is -4.87. The van der Waals surface area contributed by atoms with Gasteiger partial charge in [0.2, 0.25) is 0 Å². The number of aromatic nitrogens is 2. The number of alkyl halides is 4. The summed E-state index contributed by atoms with van der Waals surface area (Å²) in [5, 5.41) is 1.41. The molecule has 6 rings (SSSR count). The molecule has 2 aromatic carbocycles. The Morgan fingerprint density at radius 1 is 0.706 bits per heavy atom. The third-order valence-electron chi connectivity index (χ3n) is 6.91. The van der Waals surface area contributed by atoms with Crippen molar-refractivity contribution in [3.05, 3.63) is 92.4 Å². The normalized spacial score (nSPS) is 13.6. The zero-order chi connectivity index (χ0) is 36.9. The minimum Gasteiger partial charge on any atom is -0.489 e. The van der Waals surface area contributed by atoms with Gasteiger partial charge in [0, 0.05) is 36.6 Å². The third kappa shape index (κ3) is 13.6. The predicted octanol–water partition coefficient (Wildman–Crippen LogP) is 10.4. The van der Waals surface area contributed by atoms with Gasteiger partial charge in [-0.05, 0) is 79.5 Å². The van der Waals surface area contributed by atoms with E-state index in [9.17, 15) is 22.4 Å². The van der Waals surface area contributed by atoms with Crippen molar-refractivity contribution in [3.8, 4) is 23.0 Å². The summed E-state index contributed by atoms with van der Waals surface area (Å²) in [7, 11) is 0. The van der Waals surface area contributed by atoms with Gasteiger partial charge in [0.05, 0.1) is 39.0 Å². The molecule has 2 heterocycles. The number of carbonyl (C=O) groups is 1. The maximum Gasteiger partial charge on any atom is 0.387 e. The average molecular weight is 792 g/mol. The van der Waals surface area contributed by atoms with E-state index in [2.05, 4.69) is 24.4 Å². The van der Waals surface area contributed by atoms with Crippen LogP contribution < -0.4 is 24.7 Å². The van der Waals surface area contributed by atoms with E-state index in [1.54, 1.807) is 12.1 Å². The van der Waals surface area contributed by atoms with E-state index in [0.29, 0.717) is 73.9 Å². The number of aldehydes is 1. The Kier molecular flexibility index (Phi) is 15.2. The molecule has 2 aliphatic rings. The van der Waals surface area contributed by atoms with Gasteiger partial charge in [-0.1, -0.05) is 46.4 Å². The number of benzene rings is 2. The van der Waals surface area contributed by atoms with Gasteiger partial charge in [0.15, 0.2) is 23.0 Å². The maximum atomic E-state index is 12.5. The Labute approximate surface area is 310 Å². The molecule has 2 aliphatic carbocycles. The van der Waals surface area contributed by atoms with Crippen LogP contribution in [0, 0.1) is 11.8 Å². The van der Waals surface area contributed by atoms with Crippen molar-refractivity contribution in [1.29, 1.82) is 0 Å². The van der Waals surface area contributed by atoms with Gasteiger partial charge in [-0.3, -0.25) is 19.8 Å². The molecule has 0 spiro atoms. The van der Waals surface area contributed by atoms with Crippen LogP contribution in [0.4, 0.5) is 28.9 Å². The predicted molar refractivity (Wildman–Crippen MR) is 188 cm³/mol. The van der Waals surface area contributed by atoms with Crippen LogP contribution in [0.25, 0.3) is 0 Å². The van der Waals surface area contributed by atoms with E-state index in [0.717, 1.165) is 25.7 Å². The summed E-state index contributed by atoms with van der Waals surface area (Å²) in [6.07, 6.45) is 12.3. The molecule has 17 heteroatoms. The first-order valence-corrected chi connectivity index (χ1v) is 16.7. The number of nitrogen functional groups attached to an aromatic ring is 1. The van der Waals surface area contributed by atoms with Crippen molar-refractivity contribution in [3.63, 3.8) is 0 Å². The van der Waals surface area contributed by atoms with Crippen LogP contribution >= 0.6 is 46.4 Å². The lowest BCUT2D eigenvalue weighted by Crippen LogP contribution is -2.06. The summed E-state index contributed by atoms with van der Waals surface area (Å²) < 4.78 is 69.2. The van der Waals surface area contributed by atoms with Gasteiger partial charge in [-0.2, -0.15) is 17.6 Å². The molecule has 0 radical (unpaired) electrons. The molecule has 0 saturated heterocycles. The van der Waals surface area contributed by atoms with Crippen LogP contribution in [0.2, 0.25) is 20.1 Å². The maximum absolute atomic E-state index is 12.5. The molecule has 2 N–H and O–H groups in total. The smallest absolute Gasteiger partial charge is 0.387 e. The van der Waals surface area contributed by atoms with Crippen LogP contribution in [-0.2, 0) is 0 Å². The standard InChI is InChI=1S/C17H14Cl2F2N2O2.C12H12F2O3.C5H4Cl2N2/c18-12-7-22-8-13(19)16(12)23-6-11-3-4-14(25-17(20)21)15(5-11)24-9-10-1-2-10;13-12(14)17-10-4-3-9(6-15)5-11(10)16-7-8-1-2-8;6-3-1-9-2-4(7)5(3)8/h3-8,10,17H,1-2,9H2;3-6,8,12H,1-2,7H2;1-2H,(H2,8,9). The fourth-order valence-corrected chi connectivity index (χ4v) is 4.71. The van der Waals surface area contributed by atoms with Crippen LogP contribution in [0.1, 0.15) is 41.6 Å². The summed E-state index contributed by atoms with van der Waals surface area (Å²) in [5.41, 5.74) is 7.15. The molecular formula is C34H30Cl4F4N4O5. The minimum atomic E-state index is -2.92. The third-order valence-corrected chi connectivity index (χ3v) is 8.06. The Hall–Kier alpha value is -4.04. The van der Waals surface area contributed by atoms with Crippen LogP contribution in [-0.4, -0.2) is 48.9 Å². The number of anilines is 1. The highest BCUT2D eigenvalue weighted by atomic mass is 35.5. The van der Waals surface area contributed by atoms with Crippen LogP contribution in [0.15, 0.2) is 66.2 Å². The largest absolute Gasteiger partial charge is 0.489 e. The van der Waals surface area contributed by atoms with Crippen molar-refractivity contribution in [1.82, 2.24) is 9.97 Å². The number of halogens is 8. The molecule has 0 unspecified atom stereocenters. The zero-order valence-corrected chi connectivity index (χ0v) is 29.5. The van der Waals surface area contributed by atoms with E-state index in [4.69, 9.17) is 61.6 Å². The highest BCUT2D eigenvalue weighted by Gasteiger charge is 2.24. The molecule has 272 valence electrons. The molecule has 0 amide bonds. The van der Waals surface area contributed by atoms with Crippen LogP contribution in [0.3, 0.4) is 0 Å². The molecule has 2 aromatic heterocycles. The Bertz CT molecular complexity index is 1760. The first-order valence-electron chi connectivity index (χ1n) is 15.2. The number of hydrogen-bond acceptors (Lipinski definition) is 9. The highest BCUT2D eigenvalue weighted by molar-refractivity contribution is 6.39. The van der Waals surface area contributed by atoms with Crippen molar-refractivity contribution < 1.29 is 41.3 Å². The monoisotopic (exact) mass is 790 g/mol. The number of pyridine rings is 2. The van der Waals surface area contributed by atoms with Crippen molar-refractivity contribution >= 4 is 70.3 Å². The lowest BCUT2D eigenvalue weighted by Gasteiger charge is -2.12. The number of rotatable bonds is 13. The first kappa shape index (κ1) is 39.7.